The standard InChI is InChI=1S/C13H16FN3O7/c1-5-10(20)11(21)12(24-5)17-3-6(14)7(16-13(17)22)2-9(19)23-4-8(15)18/h3,5,10-12,20-21H,2,4H2,1H3,(H2,15,18)/t5-,10-,11-,12-/m1/s1. The molecule has 1 aliphatic heterocycles. The molecule has 4 N–H and O–H groups in total. The Hall–Kier alpha value is -2.37. The number of amides is 1. The summed E-state index contributed by atoms with van der Waals surface area (Å²) >= 11 is 0. The Balaban J connectivity index is 2.18. The van der Waals surface area contributed by atoms with Crippen molar-refractivity contribution in [1.82, 2.24) is 9.55 Å². The average molecular weight is 345 g/mol. The summed E-state index contributed by atoms with van der Waals surface area (Å²) in [6.45, 7) is 0.807. The van der Waals surface area contributed by atoms with E-state index in [9.17, 15) is 29.0 Å². The van der Waals surface area contributed by atoms with Crippen molar-refractivity contribution >= 4 is 11.9 Å². The number of carbonyl (C=O) groups is 2. The van der Waals surface area contributed by atoms with Crippen molar-refractivity contribution in [1.29, 1.82) is 0 Å². The van der Waals surface area contributed by atoms with Gasteiger partial charge in [0.1, 0.15) is 12.2 Å². The number of esters is 1. The van der Waals surface area contributed by atoms with Crippen LogP contribution in [0, 0.1) is 5.82 Å². The van der Waals surface area contributed by atoms with Crippen LogP contribution in [0.2, 0.25) is 0 Å². The summed E-state index contributed by atoms with van der Waals surface area (Å²) in [6.07, 6.45) is -4.71. The third-order valence-corrected chi connectivity index (χ3v) is 3.42. The monoisotopic (exact) mass is 345 g/mol. The van der Waals surface area contributed by atoms with Crippen LogP contribution in [0.5, 0.6) is 0 Å². The van der Waals surface area contributed by atoms with Crippen LogP contribution in [0.15, 0.2) is 11.0 Å². The molecule has 2 rings (SSSR count). The highest BCUT2D eigenvalue weighted by Crippen LogP contribution is 2.28. The summed E-state index contributed by atoms with van der Waals surface area (Å²) in [4.78, 5) is 37.3. The first-order chi connectivity index (χ1) is 11.2. The van der Waals surface area contributed by atoms with Crippen molar-refractivity contribution < 1.29 is 33.7 Å². The molecule has 1 aromatic rings. The molecule has 0 saturated carbocycles. The van der Waals surface area contributed by atoms with E-state index in [-0.39, 0.29) is 0 Å². The SMILES string of the molecule is C[C@H]1O[C@@H](n2cc(F)c(CC(=O)OCC(N)=O)nc2=O)[C@H](O)[C@@H]1O. The van der Waals surface area contributed by atoms with E-state index in [1.54, 1.807) is 0 Å². The second kappa shape index (κ2) is 7.03. The topological polar surface area (TPSA) is 154 Å². The van der Waals surface area contributed by atoms with Crippen LogP contribution in [0.4, 0.5) is 4.39 Å². The minimum absolute atomic E-state index is 0.494. The predicted molar refractivity (Wildman–Crippen MR) is 73.9 cm³/mol. The number of aromatic nitrogens is 2. The van der Waals surface area contributed by atoms with Crippen LogP contribution in [-0.2, 0) is 25.5 Å². The van der Waals surface area contributed by atoms with Gasteiger partial charge < -0.3 is 25.4 Å². The number of primary amides is 1. The molecule has 0 radical (unpaired) electrons. The maximum atomic E-state index is 14.0. The molecule has 1 aliphatic rings. The maximum Gasteiger partial charge on any atom is 0.350 e. The fraction of sp³-hybridized carbons (Fsp3) is 0.538. The van der Waals surface area contributed by atoms with Gasteiger partial charge in [-0.3, -0.25) is 14.2 Å². The first-order valence-corrected chi connectivity index (χ1v) is 6.93. The molecule has 132 valence electrons. The van der Waals surface area contributed by atoms with E-state index in [2.05, 4.69) is 9.72 Å². The number of nitrogens with zero attached hydrogens (tertiary/aromatic N) is 2. The van der Waals surface area contributed by atoms with Crippen LogP contribution >= 0.6 is 0 Å². The van der Waals surface area contributed by atoms with E-state index in [4.69, 9.17) is 10.5 Å². The molecular weight excluding hydrogens is 329 g/mol. The van der Waals surface area contributed by atoms with E-state index in [1.165, 1.54) is 6.92 Å². The molecule has 11 heteroatoms. The lowest BCUT2D eigenvalue weighted by atomic mass is 10.1. The summed E-state index contributed by atoms with van der Waals surface area (Å²) in [5.74, 6) is -2.89. The van der Waals surface area contributed by atoms with Gasteiger partial charge in [0, 0.05) is 6.20 Å². The number of rotatable bonds is 5. The van der Waals surface area contributed by atoms with Gasteiger partial charge in [0.05, 0.1) is 18.2 Å². The van der Waals surface area contributed by atoms with Gasteiger partial charge in [-0.25, -0.2) is 9.18 Å². The van der Waals surface area contributed by atoms with Crippen LogP contribution in [0.1, 0.15) is 18.8 Å². The zero-order valence-electron chi connectivity index (χ0n) is 12.6. The lowest BCUT2D eigenvalue weighted by molar-refractivity contribution is -0.147. The third kappa shape index (κ3) is 3.75. The Kier molecular flexibility index (Phi) is 5.26. The largest absolute Gasteiger partial charge is 0.455 e. The summed E-state index contributed by atoms with van der Waals surface area (Å²) in [7, 11) is 0. The van der Waals surface area contributed by atoms with Gasteiger partial charge in [-0.1, -0.05) is 0 Å². The van der Waals surface area contributed by atoms with Crippen LogP contribution in [0.3, 0.4) is 0 Å². The second-order valence-corrected chi connectivity index (χ2v) is 5.24. The number of carbonyl (C=O) groups excluding carboxylic acids is 2. The van der Waals surface area contributed by atoms with E-state index in [1.807, 2.05) is 0 Å². The molecule has 0 aliphatic carbocycles. The highest BCUT2D eigenvalue weighted by atomic mass is 19.1. The molecule has 0 spiro atoms. The number of aliphatic hydroxyl groups excluding tert-OH is 2. The van der Waals surface area contributed by atoms with Gasteiger partial charge in [-0.15, -0.1) is 0 Å². The molecule has 1 aromatic heterocycles. The lowest BCUT2D eigenvalue weighted by Gasteiger charge is -2.17. The van der Waals surface area contributed by atoms with E-state index < -0.39 is 66.6 Å². The summed E-state index contributed by atoms with van der Waals surface area (Å²) in [5, 5.41) is 19.5. The Morgan fingerprint density at radius 2 is 2.12 bits per heavy atom. The van der Waals surface area contributed by atoms with Crippen LogP contribution in [0.25, 0.3) is 0 Å². The highest BCUT2D eigenvalue weighted by molar-refractivity contribution is 5.79. The first-order valence-electron chi connectivity index (χ1n) is 6.93. The summed E-state index contributed by atoms with van der Waals surface area (Å²) in [6, 6.07) is 0. The van der Waals surface area contributed by atoms with Gasteiger partial charge in [-0.05, 0) is 6.92 Å². The molecule has 24 heavy (non-hydrogen) atoms. The van der Waals surface area contributed by atoms with Gasteiger partial charge in [0.25, 0.3) is 5.91 Å². The number of hydrogen-bond donors (Lipinski definition) is 3. The van der Waals surface area contributed by atoms with Gasteiger partial charge in [-0.2, -0.15) is 4.98 Å². The first kappa shape index (κ1) is 18.0. The average Bonchev–Trinajstić information content (AvgIpc) is 2.76. The second-order valence-electron chi connectivity index (χ2n) is 5.24. The van der Waals surface area contributed by atoms with Crippen molar-refractivity contribution in [3.8, 4) is 0 Å². The van der Waals surface area contributed by atoms with E-state index >= 15 is 0 Å². The maximum absolute atomic E-state index is 14.0. The number of halogens is 1. The normalized spacial score (nSPS) is 26.3. The molecule has 0 bridgehead atoms. The number of hydrogen-bond acceptors (Lipinski definition) is 8. The molecular formula is C13H16FN3O7. The molecule has 0 unspecified atom stereocenters. The Bertz CT molecular complexity index is 707. The minimum Gasteiger partial charge on any atom is -0.455 e. The highest BCUT2D eigenvalue weighted by Gasteiger charge is 2.42. The molecule has 4 atom stereocenters. The predicted octanol–water partition coefficient (Wildman–Crippen LogP) is -2.41. The van der Waals surface area contributed by atoms with E-state index in [0.717, 1.165) is 0 Å². The number of ether oxygens (including phenoxy) is 2. The van der Waals surface area contributed by atoms with Crippen molar-refractivity contribution in [3.63, 3.8) is 0 Å². The molecule has 0 aromatic carbocycles. The zero-order chi connectivity index (χ0) is 18.0. The molecule has 1 saturated heterocycles. The minimum atomic E-state index is -1.44. The Morgan fingerprint density at radius 3 is 2.67 bits per heavy atom. The van der Waals surface area contributed by atoms with Crippen molar-refractivity contribution in [2.75, 3.05) is 6.61 Å². The van der Waals surface area contributed by atoms with Crippen molar-refractivity contribution in [2.45, 2.75) is 37.9 Å². The fourth-order valence-corrected chi connectivity index (χ4v) is 2.18. The molecule has 1 fully saturated rings. The van der Waals surface area contributed by atoms with Crippen molar-refractivity contribution in [3.05, 3.63) is 28.2 Å². The van der Waals surface area contributed by atoms with E-state index in [0.29, 0.717) is 10.8 Å². The fourth-order valence-electron chi connectivity index (χ4n) is 2.18. The Labute approximate surface area is 134 Å². The van der Waals surface area contributed by atoms with Gasteiger partial charge in [0.2, 0.25) is 0 Å². The van der Waals surface area contributed by atoms with Gasteiger partial charge in [0.15, 0.2) is 18.7 Å². The lowest BCUT2D eigenvalue weighted by Crippen LogP contribution is -2.36. The third-order valence-electron chi connectivity index (χ3n) is 3.42. The van der Waals surface area contributed by atoms with Gasteiger partial charge >= 0.3 is 11.7 Å². The zero-order valence-corrected chi connectivity index (χ0v) is 12.6. The van der Waals surface area contributed by atoms with Crippen molar-refractivity contribution in [2.24, 2.45) is 5.73 Å². The molecule has 10 nitrogen and oxygen atoms in total. The van der Waals surface area contributed by atoms with Crippen LogP contribution in [-0.4, -0.2) is 56.6 Å². The number of nitrogens with two attached hydrogens (primary N) is 1. The Morgan fingerprint density at radius 1 is 1.46 bits per heavy atom. The quantitative estimate of drug-likeness (QED) is 0.499. The summed E-state index contributed by atoms with van der Waals surface area (Å²) in [5.41, 5.74) is 3.32. The smallest absolute Gasteiger partial charge is 0.350 e. The molecule has 2 heterocycles. The molecule has 1 amide bonds. The van der Waals surface area contributed by atoms with Crippen LogP contribution < -0.4 is 11.4 Å². The summed E-state index contributed by atoms with van der Waals surface area (Å²) < 4.78 is 24.4. The number of aliphatic hydroxyl groups is 2.